The van der Waals surface area contributed by atoms with Gasteiger partial charge < -0.3 is 19.2 Å². The van der Waals surface area contributed by atoms with Crippen LogP contribution in [0.25, 0.3) is 11.3 Å². The molecular weight excluding hydrogens is 537 g/mol. The fourth-order valence-corrected chi connectivity index (χ4v) is 5.16. The number of nitriles is 1. The number of carbonyl (C=O) groups is 1. The molecule has 0 radical (unpaired) electrons. The highest BCUT2D eigenvalue weighted by Crippen LogP contribution is 2.46. The van der Waals surface area contributed by atoms with Crippen LogP contribution in [0.5, 0.6) is 5.88 Å². The minimum atomic E-state index is -0.909. The molecule has 1 amide bonds. The summed E-state index contributed by atoms with van der Waals surface area (Å²) in [5.41, 5.74) is 1.75. The Hall–Kier alpha value is -4.69. The number of rotatable bonds is 6. The highest BCUT2D eigenvalue weighted by Gasteiger charge is 2.44. The molecule has 1 atom stereocenters. The van der Waals surface area contributed by atoms with Gasteiger partial charge in [-0.15, -0.1) is 0 Å². The molecule has 10 nitrogen and oxygen atoms in total. The second-order valence-electron chi connectivity index (χ2n) is 9.74. The number of methoxy groups -OCH3 is 1. The van der Waals surface area contributed by atoms with E-state index in [-0.39, 0.29) is 22.3 Å². The van der Waals surface area contributed by atoms with Crippen LogP contribution in [0.15, 0.2) is 47.5 Å². The van der Waals surface area contributed by atoms with E-state index < -0.39 is 23.3 Å². The average Bonchev–Trinajstić information content (AvgIpc) is 3.44. The van der Waals surface area contributed by atoms with Crippen molar-refractivity contribution in [2.45, 2.75) is 25.9 Å². The summed E-state index contributed by atoms with van der Waals surface area (Å²) in [7, 11) is 5.13. The summed E-state index contributed by atoms with van der Waals surface area (Å²) in [6.45, 7) is 3.89. The summed E-state index contributed by atoms with van der Waals surface area (Å²) in [6, 6.07) is 7.97. The number of pyridine rings is 1. The summed E-state index contributed by atoms with van der Waals surface area (Å²) in [6.07, 6.45) is 2.96. The number of nitrogens with zero attached hydrogens (tertiary/aromatic N) is 6. The molecule has 0 saturated carbocycles. The Balaban J connectivity index is 1.81. The molecule has 4 aromatic rings. The standard InChI is InChI=1S/C28H25ClFN7O3/c1-14(2)36-21(19-13-33-28(35(3)4)34-26(19)40-5)10-18-24(36)23(15-6-7-16(11-31)20(30)8-15)37(27(18)39)22-9-17(29)12-32-25(22)38/h6-10,12-14,23H,1-5H3,(H,32,38). The first-order chi connectivity index (χ1) is 19.1. The summed E-state index contributed by atoms with van der Waals surface area (Å²) in [5.74, 6) is -0.446. The number of benzene rings is 1. The largest absolute Gasteiger partial charge is 0.480 e. The van der Waals surface area contributed by atoms with E-state index >= 15 is 0 Å². The molecule has 204 valence electrons. The van der Waals surface area contributed by atoms with E-state index in [2.05, 4.69) is 15.0 Å². The van der Waals surface area contributed by atoms with Crippen molar-refractivity contribution in [1.29, 1.82) is 5.26 Å². The van der Waals surface area contributed by atoms with Crippen LogP contribution in [-0.4, -0.2) is 46.6 Å². The highest BCUT2D eigenvalue weighted by atomic mass is 35.5. The lowest BCUT2D eigenvalue weighted by Crippen LogP contribution is -2.34. The zero-order valence-electron chi connectivity index (χ0n) is 22.4. The molecule has 1 aliphatic rings. The van der Waals surface area contributed by atoms with Crippen LogP contribution in [0.1, 0.15) is 53.1 Å². The van der Waals surface area contributed by atoms with Gasteiger partial charge in [0.1, 0.15) is 23.6 Å². The lowest BCUT2D eigenvalue weighted by atomic mass is 10.0. The van der Waals surface area contributed by atoms with Gasteiger partial charge in [0, 0.05) is 32.5 Å². The predicted octanol–water partition coefficient (Wildman–Crippen LogP) is 4.70. The van der Waals surface area contributed by atoms with Gasteiger partial charge in [-0.2, -0.15) is 10.2 Å². The van der Waals surface area contributed by atoms with Gasteiger partial charge in [-0.05, 0) is 43.7 Å². The number of aromatic amines is 1. The number of hydrogen-bond donors (Lipinski definition) is 1. The van der Waals surface area contributed by atoms with E-state index in [0.717, 1.165) is 0 Å². The first-order valence-electron chi connectivity index (χ1n) is 12.3. The van der Waals surface area contributed by atoms with Gasteiger partial charge in [0.05, 0.1) is 40.2 Å². The maximum absolute atomic E-state index is 14.9. The topological polar surface area (TPSA) is 120 Å². The average molecular weight is 562 g/mol. The first kappa shape index (κ1) is 26.9. The van der Waals surface area contributed by atoms with Crippen molar-refractivity contribution in [3.05, 3.63) is 86.3 Å². The zero-order chi connectivity index (χ0) is 28.9. The first-order valence-corrected chi connectivity index (χ1v) is 12.7. The van der Waals surface area contributed by atoms with Crippen molar-refractivity contribution in [1.82, 2.24) is 19.5 Å². The van der Waals surface area contributed by atoms with E-state index in [0.29, 0.717) is 39.9 Å². The van der Waals surface area contributed by atoms with Gasteiger partial charge in [0.15, 0.2) is 0 Å². The molecule has 0 bridgehead atoms. The molecule has 0 saturated heterocycles. The van der Waals surface area contributed by atoms with Crippen molar-refractivity contribution in [2.24, 2.45) is 0 Å². The van der Waals surface area contributed by atoms with Crippen molar-refractivity contribution in [3.63, 3.8) is 0 Å². The van der Waals surface area contributed by atoms with Gasteiger partial charge >= 0.3 is 0 Å². The Labute approximate surface area is 234 Å². The van der Waals surface area contributed by atoms with E-state index in [1.165, 1.54) is 36.4 Å². The van der Waals surface area contributed by atoms with Crippen molar-refractivity contribution in [3.8, 4) is 23.2 Å². The second-order valence-corrected chi connectivity index (χ2v) is 10.2. The summed E-state index contributed by atoms with van der Waals surface area (Å²) >= 11 is 6.20. The van der Waals surface area contributed by atoms with Crippen LogP contribution in [0.2, 0.25) is 5.02 Å². The monoisotopic (exact) mass is 561 g/mol. The lowest BCUT2D eigenvalue weighted by Gasteiger charge is -2.28. The quantitative estimate of drug-likeness (QED) is 0.362. The number of aromatic nitrogens is 4. The molecule has 0 spiro atoms. The van der Waals surface area contributed by atoms with Gasteiger partial charge in [-0.1, -0.05) is 17.7 Å². The number of amides is 1. The van der Waals surface area contributed by atoms with Gasteiger partial charge in [0.25, 0.3) is 11.5 Å². The molecule has 1 unspecified atom stereocenters. The number of hydrogen-bond acceptors (Lipinski definition) is 7. The molecule has 5 rings (SSSR count). The summed E-state index contributed by atoms with van der Waals surface area (Å²) in [5, 5.41) is 9.50. The molecular formula is C28H25ClFN7O3. The number of carbonyl (C=O) groups excluding carboxylic acids is 1. The summed E-state index contributed by atoms with van der Waals surface area (Å²) < 4.78 is 22.5. The van der Waals surface area contributed by atoms with Crippen molar-refractivity contribution >= 4 is 29.1 Å². The maximum Gasteiger partial charge on any atom is 0.272 e. The Morgan fingerprint density at radius 1 is 1.20 bits per heavy atom. The van der Waals surface area contributed by atoms with E-state index in [1.54, 1.807) is 23.2 Å². The molecule has 4 heterocycles. The number of ether oxygens (including phenoxy) is 1. The van der Waals surface area contributed by atoms with Crippen LogP contribution in [0.3, 0.4) is 0 Å². The lowest BCUT2D eigenvalue weighted by molar-refractivity contribution is 0.0993. The number of H-pyrrole nitrogens is 1. The van der Waals surface area contributed by atoms with Crippen LogP contribution in [0, 0.1) is 17.1 Å². The molecule has 3 aromatic heterocycles. The number of halogens is 2. The third kappa shape index (κ3) is 4.26. The van der Waals surface area contributed by atoms with Gasteiger partial charge in [0.2, 0.25) is 11.8 Å². The Morgan fingerprint density at radius 3 is 2.58 bits per heavy atom. The molecule has 1 N–H and O–H groups in total. The maximum atomic E-state index is 14.9. The van der Waals surface area contributed by atoms with Crippen LogP contribution < -0.4 is 20.1 Å². The van der Waals surface area contributed by atoms with Crippen LogP contribution in [-0.2, 0) is 0 Å². The van der Waals surface area contributed by atoms with E-state index in [4.69, 9.17) is 16.3 Å². The predicted molar refractivity (Wildman–Crippen MR) is 149 cm³/mol. The smallest absolute Gasteiger partial charge is 0.272 e. The Morgan fingerprint density at radius 2 is 1.95 bits per heavy atom. The summed E-state index contributed by atoms with van der Waals surface area (Å²) in [4.78, 5) is 41.5. The number of nitrogens with one attached hydrogen (secondary N) is 1. The van der Waals surface area contributed by atoms with Crippen LogP contribution >= 0.6 is 11.6 Å². The van der Waals surface area contributed by atoms with Crippen LogP contribution in [0.4, 0.5) is 16.0 Å². The molecule has 40 heavy (non-hydrogen) atoms. The number of fused-ring (bicyclic) bond motifs is 1. The minimum absolute atomic E-state index is 0.0107. The van der Waals surface area contributed by atoms with Crippen molar-refractivity contribution in [2.75, 3.05) is 31.0 Å². The van der Waals surface area contributed by atoms with Gasteiger partial charge in [-0.3, -0.25) is 14.5 Å². The fraction of sp³-hybridized carbons (Fsp3) is 0.250. The highest BCUT2D eigenvalue weighted by molar-refractivity contribution is 6.30. The Bertz CT molecular complexity index is 1760. The molecule has 0 aliphatic carbocycles. The number of anilines is 2. The van der Waals surface area contributed by atoms with E-state index in [1.807, 2.05) is 38.6 Å². The SMILES string of the molecule is COc1nc(N(C)C)ncc1-c1cc2c(n1C(C)C)C(c1ccc(C#N)c(F)c1)N(c1cc(Cl)c[nH]c1=O)C2=O. The second kappa shape index (κ2) is 10.1. The zero-order valence-corrected chi connectivity index (χ0v) is 23.1. The third-order valence-corrected chi connectivity index (χ3v) is 6.92. The molecule has 1 aliphatic heterocycles. The van der Waals surface area contributed by atoms with Gasteiger partial charge in [-0.25, -0.2) is 9.37 Å². The molecule has 1 aromatic carbocycles. The fourth-order valence-electron chi connectivity index (χ4n) is 5.00. The molecule has 12 heteroatoms. The van der Waals surface area contributed by atoms with E-state index in [9.17, 15) is 19.2 Å². The minimum Gasteiger partial charge on any atom is -0.480 e. The normalized spacial score (nSPS) is 14.4. The van der Waals surface area contributed by atoms with Crippen molar-refractivity contribution < 1.29 is 13.9 Å². The third-order valence-electron chi connectivity index (χ3n) is 6.71. The molecule has 0 fully saturated rings. The Kier molecular flexibility index (Phi) is 6.81.